The summed E-state index contributed by atoms with van der Waals surface area (Å²) in [7, 11) is 1.56. The van der Waals surface area contributed by atoms with Gasteiger partial charge in [-0.15, -0.1) is 0 Å². The Hall–Kier alpha value is -2.15. The summed E-state index contributed by atoms with van der Waals surface area (Å²) >= 11 is 3.37. The summed E-state index contributed by atoms with van der Waals surface area (Å²) in [6.45, 7) is 0. The van der Waals surface area contributed by atoms with Crippen molar-refractivity contribution in [3.63, 3.8) is 0 Å². The molecule has 24 heavy (non-hydrogen) atoms. The molecule has 0 atom stereocenters. The van der Waals surface area contributed by atoms with Gasteiger partial charge in [0.05, 0.1) is 11.6 Å². The van der Waals surface area contributed by atoms with Crippen LogP contribution in [0.15, 0.2) is 28.2 Å². The summed E-state index contributed by atoms with van der Waals surface area (Å²) in [5.74, 6) is -0.534. The van der Waals surface area contributed by atoms with E-state index < -0.39 is 17.8 Å². The second kappa shape index (κ2) is 6.76. The summed E-state index contributed by atoms with van der Waals surface area (Å²) in [6.07, 6.45) is 5.04. The number of urea groups is 1. The van der Waals surface area contributed by atoms with Crippen LogP contribution in [0, 0.1) is 0 Å². The van der Waals surface area contributed by atoms with E-state index in [2.05, 4.69) is 21.2 Å². The third-order valence-corrected chi connectivity index (χ3v) is 4.93. The molecule has 1 saturated carbocycles. The van der Waals surface area contributed by atoms with E-state index in [0.29, 0.717) is 15.8 Å². The van der Waals surface area contributed by atoms with Gasteiger partial charge in [0.25, 0.3) is 11.8 Å². The highest BCUT2D eigenvalue weighted by atomic mass is 79.9. The van der Waals surface area contributed by atoms with Crippen molar-refractivity contribution in [3.05, 3.63) is 33.8 Å². The number of methoxy groups -OCH3 is 1. The molecule has 3 rings (SSSR count). The van der Waals surface area contributed by atoms with Crippen molar-refractivity contribution >= 4 is 39.9 Å². The summed E-state index contributed by atoms with van der Waals surface area (Å²) in [5, 5.41) is 2.27. The third kappa shape index (κ3) is 3.08. The lowest BCUT2D eigenvalue weighted by molar-refractivity contribution is -0.131. The van der Waals surface area contributed by atoms with Crippen LogP contribution < -0.4 is 10.1 Å². The zero-order chi connectivity index (χ0) is 17.3. The van der Waals surface area contributed by atoms with E-state index in [1.165, 1.54) is 11.0 Å². The van der Waals surface area contributed by atoms with Crippen molar-refractivity contribution in [1.29, 1.82) is 0 Å². The molecule has 1 saturated heterocycles. The standard InChI is InChI=1S/C17H17BrN2O4/c1-24-14-7-6-10(9-13(14)18)8-12-15(21)19-17(23)20(16(12)22)11-4-2-3-5-11/h6-9,11H,2-5H2,1H3,(H,19,21,23)/b12-8+. The lowest BCUT2D eigenvalue weighted by Crippen LogP contribution is -2.57. The predicted molar refractivity (Wildman–Crippen MR) is 91.3 cm³/mol. The molecular weight excluding hydrogens is 376 g/mol. The van der Waals surface area contributed by atoms with E-state index in [1.54, 1.807) is 25.3 Å². The third-order valence-electron chi connectivity index (χ3n) is 4.31. The Balaban J connectivity index is 1.93. The first-order valence-corrected chi connectivity index (χ1v) is 8.54. The van der Waals surface area contributed by atoms with E-state index in [0.717, 1.165) is 25.7 Å². The molecule has 0 radical (unpaired) electrons. The van der Waals surface area contributed by atoms with Gasteiger partial charge in [0.15, 0.2) is 0 Å². The minimum absolute atomic E-state index is 0.0291. The van der Waals surface area contributed by atoms with Gasteiger partial charge in [-0.2, -0.15) is 0 Å². The van der Waals surface area contributed by atoms with Crippen molar-refractivity contribution in [2.24, 2.45) is 0 Å². The van der Waals surface area contributed by atoms with Crippen LogP contribution >= 0.6 is 15.9 Å². The molecule has 126 valence electrons. The maximum atomic E-state index is 12.7. The highest BCUT2D eigenvalue weighted by molar-refractivity contribution is 9.10. The molecule has 0 spiro atoms. The molecule has 0 bridgehead atoms. The number of imide groups is 2. The van der Waals surface area contributed by atoms with Crippen molar-refractivity contribution < 1.29 is 19.1 Å². The average Bonchev–Trinajstić information content (AvgIpc) is 3.05. The van der Waals surface area contributed by atoms with Crippen LogP contribution in [0.5, 0.6) is 5.75 Å². The summed E-state index contributed by atoms with van der Waals surface area (Å²) in [4.78, 5) is 38.0. The Kier molecular flexibility index (Phi) is 4.71. The van der Waals surface area contributed by atoms with Gasteiger partial charge in [-0.25, -0.2) is 4.79 Å². The lowest BCUT2D eigenvalue weighted by Gasteiger charge is -2.31. The van der Waals surface area contributed by atoms with Crippen LogP contribution in [0.25, 0.3) is 6.08 Å². The number of hydrogen-bond donors (Lipinski definition) is 1. The average molecular weight is 393 g/mol. The molecule has 4 amide bonds. The molecule has 1 heterocycles. The molecule has 1 N–H and O–H groups in total. The van der Waals surface area contributed by atoms with Crippen LogP contribution in [0.3, 0.4) is 0 Å². The molecule has 1 aliphatic carbocycles. The maximum absolute atomic E-state index is 12.7. The van der Waals surface area contributed by atoms with Gasteiger partial charge in [0, 0.05) is 6.04 Å². The number of ether oxygens (including phenoxy) is 1. The van der Waals surface area contributed by atoms with Crippen molar-refractivity contribution in [3.8, 4) is 5.75 Å². The molecule has 2 aliphatic rings. The second-order valence-corrected chi connectivity index (χ2v) is 6.68. The Bertz CT molecular complexity index is 738. The molecule has 0 unspecified atom stereocenters. The summed E-state index contributed by atoms with van der Waals surface area (Å²) in [6, 6.07) is 4.49. The van der Waals surface area contributed by atoms with Crippen LogP contribution in [0.4, 0.5) is 4.79 Å². The minimum Gasteiger partial charge on any atom is -0.496 e. The maximum Gasteiger partial charge on any atom is 0.331 e. The zero-order valence-corrected chi connectivity index (χ0v) is 14.8. The molecule has 0 aromatic heterocycles. The first-order valence-electron chi connectivity index (χ1n) is 7.75. The number of carbonyl (C=O) groups excluding carboxylic acids is 3. The fraction of sp³-hybridized carbons (Fsp3) is 0.353. The van der Waals surface area contributed by atoms with Crippen LogP contribution in [0.2, 0.25) is 0 Å². The van der Waals surface area contributed by atoms with Gasteiger partial charge < -0.3 is 4.74 Å². The first kappa shape index (κ1) is 16.7. The highest BCUT2D eigenvalue weighted by Crippen LogP contribution is 2.29. The number of halogens is 1. The number of barbiturate groups is 1. The number of nitrogens with zero attached hydrogens (tertiary/aromatic N) is 1. The van der Waals surface area contributed by atoms with E-state index in [4.69, 9.17) is 4.74 Å². The number of amides is 4. The molecular formula is C17H17BrN2O4. The molecule has 6 nitrogen and oxygen atoms in total. The summed E-state index contributed by atoms with van der Waals surface area (Å²) in [5.41, 5.74) is 0.639. The van der Waals surface area contributed by atoms with Crippen LogP contribution in [-0.4, -0.2) is 35.9 Å². The Morgan fingerprint density at radius 2 is 1.96 bits per heavy atom. The van der Waals surface area contributed by atoms with Gasteiger partial charge in [0.2, 0.25) is 0 Å². The predicted octanol–water partition coefficient (Wildman–Crippen LogP) is 2.86. The zero-order valence-electron chi connectivity index (χ0n) is 13.2. The monoisotopic (exact) mass is 392 g/mol. The van der Waals surface area contributed by atoms with Gasteiger partial charge in [-0.3, -0.25) is 19.8 Å². The van der Waals surface area contributed by atoms with E-state index >= 15 is 0 Å². The summed E-state index contributed by atoms with van der Waals surface area (Å²) < 4.78 is 5.88. The lowest BCUT2D eigenvalue weighted by atomic mass is 10.1. The number of hydrogen-bond acceptors (Lipinski definition) is 4. The van der Waals surface area contributed by atoms with Crippen LogP contribution in [-0.2, 0) is 9.59 Å². The highest BCUT2D eigenvalue weighted by Gasteiger charge is 2.40. The quantitative estimate of drug-likeness (QED) is 0.633. The largest absolute Gasteiger partial charge is 0.496 e. The fourth-order valence-corrected chi connectivity index (χ4v) is 3.66. The van der Waals surface area contributed by atoms with E-state index in [-0.39, 0.29) is 11.6 Å². The Morgan fingerprint density at radius 1 is 1.25 bits per heavy atom. The van der Waals surface area contributed by atoms with Gasteiger partial charge >= 0.3 is 6.03 Å². The topological polar surface area (TPSA) is 75.7 Å². The van der Waals surface area contributed by atoms with E-state index in [1.807, 2.05) is 0 Å². The number of carbonyl (C=O) groups is 3. The smallest absolute Gasteiger partial charge is 0.331 e. The minimum atomic E-state index is -0.661. The fourth-order valence-electron chi connectivity index (χ4n) is 3.10. The molecule has 1 aromatic carbocycles. The SMILES string of the molecule is COc1ccc(/C=C2\C(=O)NC(=O)N(C3CCCC3)C2=O)cc1Br. The van der Waals surface area contributed by atoms with Crippen molar-refractivity contribution in [2.75, 3.05) is 7.11 Å². The number of benzene rings is 1. The van der Waals surface area contributed by atoms with Gasteiger partial charge in [-0.05, 0) is 52.5 Å². The molecule has 7 heteroatoms. The molecule has 1 aromatic rings. The Morgan fingerprint density at radius 3 is 2.58 bits per heavy atom. The molecule has 2 fully saturated rings. The van der Waals surface area contributed by atoms with Gasteiger partial charge in [0.1, 0.15) is 11.3 Å². The van der Waals surface area contributed by atoms with Crippen LogP contribution in [0.1, 0.15) is 31.2 Å². The normalized spacial score (nSPS) is 20.7. The van der Waals surface area contributed by atoms with Crippen molar-refractivity contribution in [2.45, 2.75) is 31.7 Å². The molecule has 1 aliphatic heterocycles. The van der Waals surface area contributed by atoms with E-state index in [9.17, 15) is 14.4 Å². The second-order valence-electron chi connectivity index (χ2n) is 5.82. The first-order chi connectivity index (χ1) is 11.5. The number of nitrogens with one attached hydrogen (secondary N) is 1. The van der Waals surface area contributed by atoms with Gasteiger partial charge in [-0.1, -0.05) is 18.9 Å². The number of rotatable bonds is 3. The van der Waals surface area contributed by atoms with Crippen molar-refractivity contribution in [1.82, 2.24) is 10.2 Å². The Labute approximate surface area is 148 Å².